The van der Waals surface area contributed by atoms with Crippen molar-refractivity contribution in [2.24, 2.45) is 0 Å². The van der Waals surface area contributed by atoms with E-state index < -0.39 is 0 Å². The number of benzene rings is 1. The first-order valence-electron chi connectivity index (χ1n) is 6.01. The SMILES string of the molecule is CCc1cccc(C)c1NC(C)(C)CNC. The van der Waals surface area contributed by atoms with Crippen molar-refractivity contribution < 1.29 is 0 Å². The van der Waals surface area contributed by atoms with Crippen LogP contribution in [0, 0.1) is 6.92 Å². The van der Waals surface area contributed by atoms with E-state index >= 15 is 0 Å². The molecule has 90 valence electrons. The Labute approximate surface area is 99.5 Å². The molecule has 0 saturated carbocycles. The molecule has 0 heterocycles. The van der Waals surface area contributed by atoms with Crippen LogP contribution >= 0.6 is 0 Å². The molecule has 0 saturated heterocycles. The van der Waals surface area contributed by atoms with Gasteiger partial charge in [-0.25, -0.2) is 0 Å². The summed E-state index contributed by atoms with van der Waals surface area (Å²) in [6.07, 6.45) is 1.07. The Morgan fingerprint density at radius 1 is 1.25 bits per heavy atom. The molecule has 16 heavy (non-hydrogen) atoms. The maximum absolute atomic E-state index is 3.64. The van der Waals surface area contributed by atoms with Crippen molar-refractivity contribution in [3.05, 3.63) is 29.3 Å². The molecule has 0 spiro atoms. The van der Waals surface area contributed by atoms with Gasteiger partial charge in [0.2, 0.25) is 0 Å². The van der Waals surface area contributed by atoms with Crippen molar-refractivity contribution in [1.29, 1.82) is 0 Å². The van der Waals surface area contributed by atoms with Crippen molar-refractivity contribution >= 4 is 5.69 Å². The molecule has 0 amide bonds. The summed E-state index contributed by atoms with van der Waals surface area (Å²) < 4.78 is 0. The maximum Gasteiger partial charge on any atom is 0.0441 e. The average Bonchev–Trinajstić information content (AvgIpc) is 2.20. The number of hydrogen-bond acceptors (Lipinski definition) is 2. The van der Waals surface area contributed by atoms with Crippen LogP contribution in [0.2, 0.25) is 0 Å². The lowest BCUT2D eigenvalue weighted by Gasteiger charge is -2.29. The van der Waals surface area contributed by atoms with Crippen molar-refractivity contribution in [3.8, 4) is 0 Å². The molecule has 0 aromatic heterocycles. The smallest absolute Gasteiger partial charge is 0.0441 e. The highest BCUT2D eigenvalue weighted by Crippen LogP contribution is 2.24. The largest absolute Gasteiger partial charge is 0.378 e. The fourth-order valence-corrected chi connectivity index (χ4v) is 2.03. The van der Waals surface area contributed by atoms with Crippen LogP contribution in [0.3, 0.4) is 0 Å². The molecule has 0 bridgehead atoms. The lowest BCUT2D eigenvalue weighted by Crippen LogP contribution is -2.41. The summed E-state index contributed by atoms with van der Waals surface area (Å²) in [6, 6.07) is 6.49. The predicted molar refractivity (Wildman–Crippen MR) is 72.2 cm³/mol. The fourth-order valence-electron chi connectivity index (χ4n) is 2.03. The molecule has 0 atom stereocenters. The van der Waals surface area contributed by atoms with E-state index in [1.807, 2.05) is 7.05 Å². The van der Waals surface area contributed by atoms with E-state index in [9.17, 15) is 0 Å². The number of anilines is 1. The molecular formula is C14H24N2. The highest BCUT2D eigenvalue weighted by molar-refractivity contribution is 5.58. The minimum Gasteiger partial charge on any atom is -0.378 e. The van der Waals surface area contributed by atoms with Gasteiger partial charge in [0.1, 0.15) is 0 Å². The monoisotopic (exact) mass is 220 g/mol. The summed E-state index contributed by atoms with van der Waals surface area (Å²) in [7, 11) is 1.99. The number of para-hydroxylation sites is 1. The predicted octanol–water partition coefficient (Wildman–Crippen LogP) is 2.97. The van der Waals surface area contributed by atoms with Gasteiger partial charge in [0.05, 0.1) is 0 Å². The molecule has 0 fully saturated rings. The van der Waals surface area contributed by atoms with Gasteiger partial charge in [-0.2, -0.15) is 0 Å². The lowest BCUT2D eigenvalue weighted by molar-refractivity contribution is 0.529. The Hall–Kier alpha value is -1.02. The third-order valence-corrected chi connectivity index (χ3v) is 2.82. The van der Waals surface area contributed by atoms with Gasteiger partial charge in [-0.3, -0.25) is 0 Å². The zero-order valence-electron chi connectivity index (χ0n) is 11.1. The van der Waals surface area contributed by atoms with E-state index in [2.05, 4.69) is 56.5 Å². The van der Waals surface area contributed by atoms with Crippen molar-refractivity contribution in [2.75, 3.05) is 18.9 Å². The van der Waals surface area contributed by atoms with Crippen molar-refractivity contribution in [1.82, 2.24) is 5.32 Å². The van der Waals surface area contributed by atoms with Gasteiger partial charge in [0, 0.05) is 17.8 Å². The topological polar surface area (TPSA) is 24.1 Å². The van der Waals surface area contributed by atoms with Gasteiger partial charge >= 0.3 is 0 Å². The Bertz CT molecular complexity index is 343. The maximum atomic E-state index is 3.64. The summed E-state index contributed by atoms with van der Waals surface area (Å²) in [5.41, 5.74) is 4.09. The first-order valence-corrected chi connectivity index (χ1v) is 6.01. The molecule has 0 aliphatic heterocycles. The third kappa shape index (κ3) is 3.24. The minimum absolute atomic E-state index is 0.0742. The fraction of sp³-hybridized carbons (Fsp3) is 0.571. The quantitative estimate of drug-likeness (QED) is 0.797. The Balaban J connectivity index is 2.95. The Kier molecular flexibility index (Phi) is 4.36. The second-order valence-corrected chi connectivity index (χ2v) is 5.00. The molecule has 2 N–H and O–H groups in total. The third-order valence-electron chi connectivity index (χ3n) is 2.82. The highest BCUT2D eigenvalue weighted by atomic mass is 15.0. The molecule has 0 aliphatic rings. The summed E-state index contributed by atoms with van der Waals surface area (Å²) in [6.45, 7) is 9.75. The van der Waals surface area contributed by atoms with Crippen molar-refractivity contribution in [3.63, 3.8) is 0 Å². The second-order valence-electron chi connectivity index (χ2n) is 5.00. The summed E-state index contributed by atoms with van der Waals surface area (Å²) in [5.74, 6) is 0. The van der Waals surface area contributed by atoms with Gasteiger partial charge in [-0.15, -0.1) is 0 Å². The normalized spacial score (nSPS) is 11.6. The average molecular weight is 220 g/mol. The molecule has 0 aliphatic carbocycles. The van der Waals surface area contributed by atoms with Crippen LogP contribution < -0.4 is 10.6 Å². The summed E-state index contributed by atoms with van der Waals surface area (Å²) in [4.78, 5) is 0. The molecule has 0 radical (unpaired) electrons. The van der Waals surface area contributed by atoms with Crippen LogP contribution in [0.25, 0.3) is 0 Å². The lowest BCUT2D eigenvalue weighted by atomic mass is 10.0. The van der Waals surface area contributed by atoms with Gasteiger partial charge in [0.25, 0.3) is 0 Å². The molecule has 2 nitrogen and oxygen atoms in total. The first kappa shape index (κ1) is 13.0. The number of nitrogens with one attached hydrogen (secondary N) is 2. The Morgan fingerprint density at radius 3 is 2.50 bits per heavy atom. The van der Waals surface area contributed by atoms with Gasteiger partial charge in [-0.1, -0.05) is 25.1 Å². The molecule has 1 aromatic rings. The standard InChI is InChI=1S/C14H24N2/c1-6-12-9-7-8-11(2)13(12)16-14(3,4)10-15-5/h7-9,15-16H,6,10H2,1-5H3. The van der Waals surface area contributed by atoms with Gasteiger partial charge in [0.15, 0.2) is 0 Å². The summed E-state index contributed by atoms with van der Waals surface area (Å²) in [5, 5.41) is 6.87. The van der Waals surface area contributed by atoms with Crippen LogP contribution in [0.15, 0.2) is 18.2 Å². The van der Waals surface area contributed by atoms with Gasteiger partial charge in [-0.05, 0) is 45.4 Å². The van der Waals surface area contributed by atoms with E-state index in [-0.39, 0.29) is 5.54 Å². The Morgan fingerprint density at radius 2 is 1.94 bits per heavy atom. The molecule has 0 unspecified atom stereocenters. The number of hydrogen-bond donors (Lipinski definition) is 2. The van der Waals surface area contributed by atoms with Crippen LogP contribution in [-0.4, -0.2) is 19.1 Å². The van der Waals surface area contributed by atoms with Gasteiger partial charge < -0.3 is 10.6 Å². The zero-order chi connectivity index (χ0) is 12.2. The van der Waals surface area contributed by atoms with Crippen LogP contribution in [0.1, 0.15) is 31.9 Å². The van der Waals surface area contributed by atoms with E-state index in [0.29, 0.717) is 0 Å². The highest BCUT2D eigenvalue weighted by Gasteiger charge is 2.18. The molecular weight excluding hydrogens is 196 g/mol. The zero-order valence-corrected chi connectivity index (χ0v) is 11.1. The number of likely N-dealkylation sites (N-methyl/N-ethyl adjacent to an activating group) is 1. The van der Waals surface area contributed by atoms with E-state index in [4.69, 9.17) is 0 Å². The number of rotatable bonds is 5. The van der Waals surface area contributed by atoms with E-state index in [1.54, 1.807) is 0 Å². The number of aryl methyl sites for hydroxylation is 2. The second kappa shape index (κ2) is 5.35. The minimum atomic E-state index is 0.0742. The molecule has 2 heteroatoms. The van der Waals surface area contributed by atoms with Crippen molar-refractivity contribution in [2.45, 2.75) is 39.7 Å². The van der Waals surface area contributed by atoms with E-state index in [0.717, 1.165) is 13.0 Å². The van der Waals surface area contributed by atoms with Crippen LogP contribution in [0.5, 0.6) is 0 Å². The van der Waals surface area contributed by atoms with E-state index in [1.165, 1.54) is 16.8 Å². The molecule has 1 aromatic carbocycles. The molecule has 1 rings (SSSR count). The first-order chi connectivity index (χ1) is 7.50. The van der Waals surface area contributed by atoms with Crippen LogP contribution in [-0.2, 0) is 6.42 Å². The van der Waals surface area contributed by atoms with Crippen LogP contribution in [0.4, 0.5) is 5.69 Å². The summed E-state index contributed by atoms with van der Waals surface area (Å²) >= 11 is 0.